The van der Waals surface area contributed by atoms with Gasteiger partial charge in [-0.05, 0) is 31.4 Å². The summed E-state index contributed by atoms with van der Waals surface area (Å²) in [6.07, 6.45) is 1.23. The average Bonchev–Trinajstić information content (AvgIpc) is 2.34. The Morgan fingerprint density at radius 3 is 2.28 bits per heavy atom. The summed E-state index contributed by atoms with van der Waals surface area (Å²) in [5.74, 6) is 0.0145. The lowest BCUT2D eigenvalue weighted by Gasteiger charge is -2.08. The van der Waals surface area contributed by atoms with E-state index in [0.29, 0.717) is 17.9 Å². The molecule has 2 N–H and O–H groups in total. The van der Waals surface area contributed by atoms with E-state index in [4.69, 9.17) is 0 Å². The van der Waals surface area contributed by atoms with Crippen LogP contribution in [0.25, 0.3) is 0 Å². The Labute approximate surface area is 108 Å². The van der Waals surface area contributed by atoms with Gasteiger partial charge in [0.1, 0.15) is 0 Å². The lowest BCUT2D eigenvalue weighted by Crippen LogP contribution is -2.41. The summed E-state index contributed by atoms with van der Waals surface area (Å²) in [7, 11) is 0. The molecule has 1 aromatic carbocycles. The Morgan fingerprint density at radius 1 is 1.11 bits per heavy atom. The fraction of sp³-hybridized carbons (Fsp3) is 0.429. The molecular formula is C14H20N2O2. The molecule has 1 aromatic rings. The number of aryl methyl sites for hydroxylation is 1. The lowest BCUT2D eigenvalue weighted by atomic mass is 10.1. The van der Waals surface area contributed by atoms with Gasteiger partial charge in [-0.3, -0.25) is 20.4 Å². The van der Waals surface area contributed by atoms with Gasteiger partial charge in [-0.25, -0.2) is 0 Å². The zero-order valence-corrected chi connectivity index (χ0v) is 11.1. The second-order valence-corrected chi connectivity index (χ2v) is 4.80. The predicted octanol–water partition coefficient (Wildman–Crippen LogP) is 2.19. The van der Waals surface area contributed by atoms with Crippen LogP contribution < -0.4 is 10.9 Å². The summed E-state index contributed by atoms with van der Waals surface area (Å²) in [6, 6.07) is 7.17. The third-order valence-electron chi connectivity index (χ3n) is 2.58. The van der Waals surface area contributed by atoms with Gasteiger partial charge in [-0.15, -0.1) is 0 Å². The van der Waals surface area contributed by atoms with E-state index in [1.807, 2.05) is 19.1 Å². The highest BCUT2D eigenvalue weighted by Crippen LogP contribution is 2.03. The van der Waals surface area contributed by atoms with Crippen molar-refractivity contribution < 1.29 is 9.59 Å². The molecule has 0 aliphatic heterocycles. The van der Waals surface area contributed by atoms with Gasteiger partial charge in [0.15, 0.2) is 0 Å². The number of rotatable bonds is 4. The van der Waals surface area contributed by atoms with Crippen molar-refractivity contribution in [3.8, 4) is 0 Å². The highest BCUT2D eigenvalue weighted by atomic mass is 16.2. The van der Waals surface area contributed by atoms with Crippen molar-refractivity contribution in [2.75, 3.05) is 0 Å². The van der Waals surface area contributed by atoms with Gasteiger partial charge in [0.2, 0.25) is 5.91 Å². The minimum Gasteiger partial charge on any atom is -0.273 e. The molecule has 0 saturated heterocycles. The Kier molecular flexibility index (Phi) is 5.36. The van der Waals surface area contributed by atoms with E-state index in [0.717, 1.165) is 12.0 Å². The number of hydrazine groups is 1. The van der Waals surface area contributed by atoms with Crippen LogP contribution in [0.1, 0.15) is 42.6 Å². The van der Waals surface area contributed by atoms with Crippen LogP contribution in [0, 0.1) is 12.8 Å². The standard InChI is InChI=1S/C14H20N2O2/c1-10(2)4-9-13(17)15-16-14(18)12-7-5-11(3)6-8-12/h5-8,10H,4,9H2,1-3H3,(H,15,17)(H,16,18). The van der Waals surface area contributed by atoms with Gasteiger partial charge in [-0.1, -0.05) is 31.5 Å². The molecular weight excluding hydrogens is 228 g/mol. The second-order valence-electron chi connectivity index (χ2n) is 4.80. The van der Waals surface area contributed by atoms with Gasteiger partial charge in [0.25, 0.3) is 5.91 Å². The fourth-order valence-electron chi connectivity index (χ4n) is 1.39. The van der Waals surface area contributed by atoms with Crippen LogP contribution in [0.5, 0.6) is 0 Å². The summed E-state index contributed by atoms with van der Waals surface area (Å²) in [4.78, 5) is 23.1. The zero-order valence-electron chi connectivity index (χ0n) is 11.1. The first-order valence-corrected chi connectivity index (χ1v) is 6.15. The molecule has 2 amide bonds. The molecule has 0 fully saturated rings. The van der Waals surface area contributed by atoms with Crippen molar-refractivity contribution in [1.82, 2.24) is 10.9 Å². The second kappa shape index (κ2) is 6.79. The van der Waals surface area contributed by atoms with Crippen molar-refractivity contribution in [2.45, 2.75) is 33.6 Å². The molecule has 0 aliphatic rings. The molecule has 0 aliphatic carbocycles. The molecule has 0 saturated carbocycles. The predicted molar refractivity (Wildman–Crippen MR) is 70.9 cm³/mol. The van der Waals surface area contributed by atoms with Crippen LogP contribution in [0.3, 0.4) is 0 Å². The van der Waals surface area contributed by atoms with Crippen LogP contribution in [-0.4, -0.2) is 11.8 Å². The van der Waals surface area contributed by atoms with Crippen LogP contribution in [0.4, 0.5) is 0 Å². The Hall–Kier alpha value is -1.84. The number of benzene rings is 1. The number of carbonyl (C=O) groups excluding carboxylic acids is 2. The van der Waals surface area contributed by atoms with Gasteiger partial charge in [0, 0.05) is 12.0 Å². The first-order valence-electron chi connectivity index (χ1n) is 6.15. The first-order chi connectivity index (χ1) is 8.49. The minimum atomic E-state index is -0.298. The summed E-state index contributed by atoms with van der Waals surface area (Å²) in [6.45, 7) is 6.06. The number of nitrogens with one attached hydrogen (secondary N) is 2. The topological polar surface area (TPSA) is 58.2 Å². The molecule has 0 radical (unpaired) electrons. The maximum Gasteiger partial charge on any atom is 0.269 e. The normalized spacial score (nSPS) is 10.2. The molecule has 0 spiro atoms. The lowest BCUT2D eigenvalue weighted by molar-refractivity contribution is -0.122. The summed E-state index contributed by atoms with van der Waals surface area (Å²) in [5.41, 5.74) is 6.44. The van der Waals surface area contributed by atoms with E-state index in [-0.39, 0.29) is 11.8 Å². The smallest absolute Gasteiger partial charge is 0.269 e. The maximum absolute atomic E-state index is 11.7. The van der Waals surface area contributed by atoms with E-state index in [1.165, 1.54) is 0 Å². The monoisotopic (exact) mass is 248 g/mol. The van der Waals surface area contributed by atoms with Crippen molar-refractivity contribution in [1.29, 1.82) is 0 Å². The molecule has 0 unspecified atom stereocenters. The molecule has 0 heterocycles. The fourth-order valence-corrected chi connectivity index (χ4v) is 1.39. The third kappa shape index (κ3) is 4.99. The third-order valence-corrected chi connectivity index (χ3v) is 2.58. The van der Waals surface area contributed by atoms with Crippen LogP contribution >= 0.6 is 0 Å². The molecule has 18 heavy (non-hydrogen) atoms. The van der Waals surface area contributed by atoms with Gasteiger partial charge < -0.3 is 0 Å². The maximum atomic E-state index is 11.7. The van der Waals surface area contributed by atoms with Gasteiger partial charge in [0.05, 0.1) is 0 Å². The molecule has 0 bridgehead atoms. The highest BCUT2D eigenvalue weighted by Gasteiger charge is 2.07. The molecule has 1 rings (SSSR count). The van der Waals surface area contributed by atoms with Gasteiger partial charge >= 0.3 is 0 Å². The van der Waals surface area contributed by atoms with Gasteiger partial charge in [-0.2, -0.15) is 0 Å². The van der Waals surface area contributed by atoms with Crippen molar-refractivity contribution in [3.05, 3.63) is 35.4 Å². The number of carbonyl (C=O) groups is 2. The summed E-state index contributed by atoms with van der Waals surface area (Å²) >= 11 is 0. The quantitative estimate of drug-likeness (QED) is 0.802. The molecule has 0 aromatic heterocycles. The van der Waals surface area contributed by atoms with E-state index < -0.39 is 0 Å². The van der Waals surface area contributed by atoms with Crippen molar-refractivity contribution in [3.63, 3.8) is 0 Å². The molecule has 4 heteroatoms. The molecule has 0 atom stereocenters. The molecule has 98 valence electrons. The van der Waals surface area contributed by atoms with Crippen molar-refractivity contribution in [2.24, 2.45) is 5.92 Å². The van der Waals surface area contributed by atoms with Crippen LogP contribution in [0.15, 0.2) is 24.3 Å². The Balaban J connectivity index is 2.37. The van der Waals surface area contributed by atoms with Crippen molar-refractivity contribution >= 4 is 11.8 Å². The largest absolute Gasteiger partial charge is 0.273 e. The van der Waals surface area contributed by atoms with E-state index >= 15 is 0 Å². The summed E-state index contributed by atoms with van der Waals surface area (Å²) in [5, 5.41) is 0. The number of hydrogen-bond donors (Lipinski definition) is 2. The molecule has 4 nitrogen and oxygen atoms in total. The van der Waals surface area contributed by atoms with Crippen LogP contribution in [-0.2, 0) is 4.79 Å². The van der Waals surface area contributed by atoms with E-state index in [9.17, 15) is 9.59 Å². The summed E-state index contributed by atoms with van der Waals surface area (Å²) < 4.78 is 0. The van der Waals surface area contributed by atoms with Crippen LogP contribution in [0.2, 0.25) is 0 Å². The first kappa shape index (κ1) is 14.2. The Bertz CT molecular complexity index is 410. The zero-order chi connectivity index (χ0) is 13.5. The Morgan fingerprint density at radius 2 is 1.72 bits per heavy atom. The number of amides is 2. The SMILES string of the molecule is Cc1ccc(C(=O)NNC(=O)CCC(C)C)cc1. The minimum absolute atomic E-state index is 0.163. The average molecular weight is 248 g/mol. The van der Waals surface area contributed by atoms with E-state index in [2.05, 4.69) is 24.7 Å². The highest BCUT2D eigenvalue weighted by molar-refractivity contribution is 5.95. The van der Waals surface area contributed by atoms with E-state index in [1.54, 1.807) is 12.1 Å². The number of hydrogen-bond acceptors (Lipinski definition) is 2.